The Hall–Kier alpha value is -1.12. The van der Waals surface area contributed by atoms with Gasteiger partial charge in [-0.15, -0.1) is 0 Å². The summed E-state index contributed by atoms with van der Waals surface area (Å²) in [6.07, 6.45) is 0. The summed E-state index contributed by atoms with van der Waals surface area (Å²) in [5, 5.41) is 11.7. The van der Waals surface area contributed by atoms with E-state index in [1.807, 2.05) is 55.4 Å². The van der Waals surface area contributed by atoms with E-state index in [1.165, 1.54) is 5.57 Å². The van der Waals surface area contributed by atoms with Crippen molar-refractivity contribution in [3.05, 3.63) is 12.2 Å². The molecular formula is C22H45NO2. The van der Waals surface area contributed by atoms with Crippen LogP contribution in [0.3, 0.4) is 0 Å². The van der Waals surface area contributed by atoms with Crippen molar-refractivity contribution in [1.29, 1.82) is 0 Å². The average molecular weight is 356 g/mol. The van der Waals surface area contributed by atoms with Gasteiger partial charge in [-0.3, -0.25) is 4.79 Å². The monoisotopic (exact) mass is 355 g/mol. The van der Waals surface area contributed by atoms with Crippen molar-refractivity contribution < 1.29 is 10.0 Å². The summed E-state index contributed by atoms with van der Waals surface area (Å²) in [6, 6.07) is 0. The van der Waals surface area contributed by atoms with Crippen molar-refractivity contribution in [2.45, 2.75) is 83.1 Å². The largest absolute Gasteiger partial charge is 0.411 e. The number of allylic oxidation sites excluding steroid dienone is 1. The summed E-state index contributed by atoms with van der Waals surface area (Å²) in [5.41, 5.74) is 2.22. The van der Waals surface area contributed by atoms with E-state index in [0.29, 0.717) is 29.5 Å². The van der Waals surface area contributed by atoms with Crippen LogP contribution in [0, 0.1) is 35.5 Å². The Kier molecular flexibility index (Phi) is 17.4. The van der Waals surface area contributed by atoms with Gasteiger partial charge in [0.1, 0.15) is 5.78 Å². The van der Waals surface area contributed by atoms with E-state index in [4.69, 9.17) is 5.21 Å². The first-order chi connectivity index (χ1) is 11.2. The Morgan fingerprint density at radius 2 is 0.920 bits per heavy atom. The predicted molar refractivity (Wildman–Crippen MR) is 112 cm³/mol. The van der Waals surface area contributed by atoms with Crippen LogP contribution in [0.4, 0.5) is 0 Å². The van der Waals surface area contributed by atoms with Crippen LogP contribution in [-0.4, -0.2) is 16.7 Å². The van der Waals surface area contributed by atoms with Crippen molar-refractivity contribution in [2.24, 2.45) is 40.7 Å². The van der Waals surface area contributed by atoms with E-state index in [9.17, 15) is 4.79 Å². The van der Waals surface area contributed by atoms with Crippen molar-refractivity contribution in [1.82, 2.24) is 0 Å². The van der Waals surface area contributed by atoms with Crippen molar-refractivity contribution >= 4 is 11.5 Å². The predicted octanol–water partition coefficient (Wildman–Crippen LogP) is 6.85. The maximum atomic E-state index is 10.8. The third-order valence-corrected chi connectivity index (χ3v) is 3.92. The van der Waals surface area contributed by atoms with Gasteiger partial charge in [-0.25, -0.2) is 0 Å². The lowest BCUT2D eigenvalue weighted by molar-refractivity contribution is -0.124. The molecule has 0 aliphatic rings. The summed E-state index contributed by atoms with van der Waals surface area (Å²) in [4.78, 5) is 10.8. The van der Waals surface area contributed by atoms with Crippen molar-refractivity contribution in [3.8, 4) is 0 Å². The number of hydrogen-bond acceptors (Lipinski definition) is 3. The number of Topliss-reactive ketones (excluding diaryl/α,β-unsaturated/α-hetero) is 1. The highest BCUT2D eigenvalue weighted by atomic mass is 16.4. The molecule has 1 N–H and O–H groups in total. The summed E-state index contributed by atoms with van der Waals surface area (Å²) >= 11 is 0. The number of carbonyl (C=O) groups excluding carboxylic acids is 1. The van der Waals surface area contributed by atoms with Crippen LogP contribution in [0.15, 0.2) is 17.3 Å². The van der Waals surface area contributed by atoms with Gasteiger partial charge in [0.15, 0.2) is 0 Å². The van der Waals surface area contributed by atoms with Crippen LogP contribution in [0.2, 0.25) is 0 Å². The highest BCUT2D eigenvalue weighted by Crippen LogP contribution is 2.15. The first kappa shape index (κ1) is 28.7. The molecule has 25 heavy (non-hydrogen) atoms. The van der Waals surface area contributed by atoms with Crippen molar-refractivity contribution in [2.75, 3.05) is 0 Å². The van der Waals surface area contributed by atoms with Gasteiger partial charge in [-0.2, -0.15) is 0 Å². The molecule has 0 fully saturated rings. The molecule has 0 saturated heterocycles. The zero-order valence-electron chi connectivity index (χ0n) is 19.0. The minimum absolute atomic E-state index is 0.204. The first-order valence-corrected chi connectivity index (χ1v) is 9.64. The lowest BCUT2D eigenvalue weighted by Gasteiger charge is -2.11. The Morgan fingerprint density at radius 3 is 0.920 bits per heavy atom. The molecule has 0 aliphatic heterocycles. The zero-order chi connectivity index (χ0) is 20.9. The summed E-state index contributed by atoms with van der Waals surface area (Å²) in [5.74, 6) is 2.77. The highest BCUT2D eigenvalue weighted by Gasteiger charge is 2.10. The zero-order valence-corrected chi connectivity index (χ0v) is 19.0. The number of oxime groups is 1. The molecule has 0 atom stereocenters. The smallest absolute Gasteiger partial charge is 0.137 e. The number of hydrogen-bond donors (Lipinski definition) is 1. The second kappa shape index (κ2) is 15.2. The number of rotatable bonds is 6. The van der Waals surface area contributed by atoms with Gasteiger partial charge in [0.2, 0.25) is 0 Å². The van der Waals surface area contributed by atoms with Gasteiger partial charge in [-0.1, -0.05) is 100 Å². The molecule has 0 aromatic heterocycles. The van der Waals surface area contributed by atoms with E-state index >= 15 is 0 Å². The number of nitrogens with zero attached hydrogens (tertiary/aromatic N) is 1. The lowest BCUT2D eigenvalue weighted by Crippen LogP contribution is -2.14. The van der Waals surface area contributed by atoms with Gasteiger partial charge < -0.3 is 5.21 Å². The topological polar surface area (TPSA) is 49.7 Å². The summed E-state index contributed by atoms with van der Waals surface area (Å²) in [7, 11) is 0. The van der Waals surface area contributed by atoms with E-state index in [1.54, 1.807) is 0 Å². The fourth-order valence-corrected chi connectivity index (χ4v) is 2.23. The van der Waals surface area contributed by atoms with Crippen LogP contribution in [0.1, 0.15) is 83.1 Å². The van der Waals surface area contributed by atoms with Crippen LogP contribution in [0.25, 0.3) is 0 Å². The Labute approximate surface area is 158 Å². The number of carbonyl (C=O) groups is 1. The molecule has 0 radical (unpaired) electrons. The molecule has 0 saturated carbocycles. The van der Waals surface area contributed by atoms with E-state index < -0.39 is 0 Å². The normalized spacial score (nSPS) is 10.6. The fraction of sp³-hybridized carbons (Fsp3) is 0.818. The molecule has 0 bridgehead atoms. The molecular weight excluding hydrogens is 310 g/mol. The quantitative estimate of drug-likeness (QED) is 0.245. The SMILES string of the molecule is C=C(C(C)C)C(C)C.CC(C)C(=NO)C(C)C.CC(C)C(=O)C(C)C. The molecule has 0 unspecified atom stereocenters. The minimum atomic E-state index is 0.204. The molecule has 0 amide bonds. The maximum Gasteiger partial charge on any atom is 0.137 e. The molecule has 150 valence electrons. The van der Waals surface area contributed by atoms with Crippen LogP contribution in [0.5, 0.6) is 0 Å². The van der Waals surface area contributed by atoms with Gasteiger partial charge >= 0.3 is 0 Å². The van der Waals surface area contributed by atoms with Gasteiger partial charge in [0.25, 0.3) is 0 Å². The third kappa shape index (κ3) is 16.1. The summed E-state index contributed by atoms with van der Waals surface area (Å²) < 4.78 is 0. The van der Waals surface area contributed by atoms with Crippen molar-refractivity contribution in [3.63, 3.8) is 0 Å². The van der Waals surface area contributed by atoms with Crippen LogP contribution in [-0.2, 0) is 4.79 Å². The Balaban J connectivity index is -0.000000291. The Bertz CT molecular complexity index is 335. The van der Waals surface area contributed by atoms with E-state index in [2.05, 4.69) is 39.4 Å². The minimum Gasteiger partial charge on any atom is -0.411 e. The van der Waals surface area contributed by atoms with Gasteiger partial charge in [0, 0.05) is 11.8 Å². The molecule has 3 heteroatoms. The average Bonchev–Trinajstić information content (AvgIpc) is 2.46. The molecule has 0 aromatic carbocycles. The Morgan fingerprint density at radius 1 is 0.640 bits per heavy atom. The molecule has 0 aliphatic carbocycles. The van der Waals surface area contributed by atoms with E-state index in [0.717, 1.165) is 5.71 Å². The van der Waals surface area contributed by atoms with Crippen LogP contribution < -0.4 is 0 Å². The molecule has 0 heterocycles. The highest BCUT2D eigenvalue weighted by molar-refractivity contribution is 5.87. The standard InChI is InChI=1S/C8H16.C7H15NO.C7H14O/c1-6(2)8(5)7(3)4;1-5(2)7(8-9)6(3)4;1-5(2)7(8)6(3)4/h6-7H,5H2,1-4H3;5-6,9H,1-4H3;5-6H,1-4H3. The maximum absolute atomic E-state index is 10.8. The van der Waals surface area contributed by atoms with Gasteiger partial charge in [0.05, 0.1) is 5.71 Å². The van der Waals surface area contributed by atoms with Crippen LogP contribution >= 0.6 is 0 Å². The summed E-state index contributed by atoms with van der Waals surface area (Å²) in [6.45, 7) is 28.5. The molecule has 3 nitrogen and oxygen atoms in total. The molecule has 0 aromatic rings. The van der Waals surface area contributed by atoms with Gasteiger partial charge in [-0.05, 0) is 23.7 Å². The van der Waals surface area contributed by atoms with E-state index in [-0.39, 0.29) is 11.8 Å². The molecule has 0 spiro atoms. The second-order valence-corrected chi connectivity index (χ2v) is 8.43. The first-order valence-electron chi connectivity index (χ1n) is 9.64. The fourth-order valence-electron chi connectivity index (χ4n) is 2.23. The number of ketones is 1. The third-order valence-electron chi connectivity index (χ3n) is 3.92. The second-order valence-electron chi connectivity index (χ2n) is 8.43. The molecule has 0 rings (SSSR count). The lowest BCUT2D eigenvalue weighted by atomic mass is 9.95.